The second-order valence-corrected chi connectivity index (χ2v) is 11.1. The molecule has 1 aliphatic rings. The van der Waals surface area contributed by atoms with Crippen LogP contribution in [0.4, 0.5) is 10.5 Å². The van der Waals surface area contributed by atoms with Gasteiger partial charge in [-0.2, -0.15) is 4.98 Å². The number of ether oxygens (including phenoxy) is 1. The summed E-state index contributed by atoms with van der Waals surface area (Å²) < 4.78 is 31.5. The lowest BCUT2D eigenvalue weighted by Crippen LogP contribution is -2.47. The quantitative estimate of drug-likeness (QED) is 0.498. The van der Waals surface area contributed by atoms with Crippen molar-refractivity contribution in [3.8, 4) is 0 Å². The molecular formula is C22H25N5O6S. The first-order valence-electron chi connectivity index (χ1n) is 10.6. The Kier molecular flexibility index (Phi) is 5.59. The van der Waals surface area contributed by atoms with Gasteiger partial charge in [-0.1, -0.05) is 18.2 Å². The van der Waals surface area contributed by atoms with E-state index >= 15 is 0 Å². The maximum atomic E-state index is 13.4. The monoisotopic (exact) mass is 487 g/mol. The molecule has 1 aromatic carbocycles. The predicted molar refractivity (Wildman–Crippen MR) is 125 cm³/mol. The van der Waals surface area contributed by atoms with Crippen LogP contribution < -0.4 is 16.1 Å². The Labute approximate surface area is 195 Å². The van der Waals surface area contributed by atoms with Crippen LogP contribution in [0.25, 0.3) is 11.0 Å². The minimum absolute atomic E-state index is 0.0153. The van der Waals surface area contributed by atoms with Crippen molar-refractivity contribution < 1.29 is 17.9 Å². The highest BCUT2D eigenvalue weighted by Crippen LogP contribution is 2.36. The van der Waals surface area contributed by atoms with E-state index in [1.807, 2.05) is 0 Å². The van der Waals surface area contributed by atoms with Crippen molar-refractivity contribution in [1.82, 2.24) is 19.1 Å². The van der Waals surface area contributed by atoms with E-state index in [9.17, 15) is 22.8 Å². The molecule has 4 rings (SSSR count). The van der Waals surface area contributed by atoms with Crippen LogP contribution in [0.5, 0.6) is 0 Å². The van der Waals surface area contributed by atoms with Gasteiger partial charge in [-0.3, -0.25) is 18.8 Å². The van der Waals surface area contributed by atoms with Gasteiger partial charge in [0, 0.05) is 26.0 Å². The fourth-order valence-electron chi connectivity index (χ4n) is 4.00. The molecule has 0 N–H and O–H groups in total. The number of carbonyl (C=O) groups is 1. The third kappa shape index (κ3) is 4.09. The van der Waals surface area contributed by atoms with Gasteiger partial charge < -0.3 is 4.74 Å². The molecule has 1 aliphatic heterocycles. The molecule has 0 bridgehead atoms. The molecule has 11 nitrogen and oxygen atoms in total. The number of aryl methyl sites for hydroxylation is 1. The molecular weight excluding hydrogens is 462 g/mol. The van der Waals surface area contributed by atoms with E-state index in [-0.39, 0.29) is 17.6 Å². The second-order valence-electron chi connectivity index (χ2n) is 9.17. The third-order valence-electron chi connectivity index (χ3n) is 5.48. The number of sulfone groups is 1. The standard InChI is InChI=1S/C22H25N5O6S/c1-22(2,3)33-21(30)26-11-10-16(13-8-6-7-9-15(13)26)27-18(28)14-12-23-19(34(5,31)32)24-17(14)25(4)20(27)29/h6-9,12,16H,10-11H2,1-5H3. The first-order valence-corrected chi connectivity index (χ1v) is 12.5. The molecule has 1 atom stereocenters. The largest absolute Gasteiger partial charge is 0.443 e. The van der Waals surface area contributed by atoms with Crippen molar-refractivity contribution in [2.24, 2.45) is 7.05 Å². The average molecular weight is 488 g/mol. The zero-order chi connectivity index (χ0) is 25.0. The highest BCUT2D eigenvalue weighted by Gasteiger charge is 2.34. The highest BCUT2D eigenvalue weighted by atomic mass is 32.2. The average Bonchev–Trinajstić information content (AvgIpc) is 2.75. The van der Waals surface area contributed by atoms with Gasteiger partial charge >= 0.3 is 11.8 Å². The maximum Gasteiger partial charge on any atom is 0.414 e. The summed E-state index contributed by atoms with van der Waals surface area (Å²) in [4.78, 5) is 48.7. The molecule has 0 aliphatic carbocycles. The molecule has 34 heavy (non-hydrogen) atoms. The number of para-hydroxylation sites is 1. The van der Waals surface area contributed by atoms with Crippen LogP contribution in [0, 0.1) is 0 Å². The summed E-state index contributed by atoms with van der Waals surface area (Å²) in [5.41, 5.74) is -0.873. The number of rotatable bonds is 2. The van der Waals surface area contributed by atoms with Crippen LogP contribution in [-0.2, 0) is 21.6 Å². The minimum atomic E-state index is -3.73. The van der Waals surface area contributed by atoms with Gasteiger partial charge in [0.2, 0.25) is 15.0 Å². The SMILES string of the molecule is Cn1c(=O)n(C2CCN(C(=O)OC(C)(C)C)c3ccccc32)c(=O)c2cnc(S(C)(=O)=O)nc21. The molecule has 0 radical (unpaired) electrons. The third-order valence-corrected chi connectivity index (χ3v) is 6.34. The molecule has 0 fully saturated rings. The zero-order valence-corrected chi connectivity index (χ0v) is 20.3. The lowest BCUT2D eigenvalue weighted by Gasteiger charge is -2.35. The van der Waals surface area contributed by atoms with Gasteiger partial charge in [-0.25, -0.2) is 23.0 Å². The molecule has 1 amide bonds. The second kappa shape index (κ2) is 8.05. The number of nitrogens with zero attached hydrogens (tertiary/aromatic N) is 5. The Morgan fingerprint density at radius 1 is 1.18 bits per heavy atom. The van der Waals surface area contributed by atoms with Gasteiger partial charge in [-0.05, 0) is 38.8 Å². The summed E-state index contributed by atoms with van der Waals surface area (Å²) in [6.07, 6.45) is 1.85. The zero-order valence-electron chi connectivity index (χ0n) is 19.5. The van der Waals surface area contributed by atoms with E-state index < -0.39 is 44.0 Å². The van der Waals surface area contributed by atoms with Crippen molar-refractivity contribution in [2.75, 3.05) is 17.7 Å². The van der Waals surface area contributed by atoms with Crippen molar-refractivity contribution in [3.05, 3.63) is 56.9 Å². The van der Waals surface area contributed by atoms with Crippen molar-refractivity contribution in [1.29, 1.82) is 0 Å². The Morgan fingerprint density at radius 2 is 1.85 bits per heavy atom. The Hall–Kier alpha value is -3.54. The van der Waals surface area contributed by atoms with Crippen LogP contribution in [0.1, 0.15) is 38.8 Å². The smallest absolute Gasteiger partial charge is 0.414 e. The van der Waals surface area contributed by atoms with Gasteiger partial charge in [-0.15, -0.1) is 0 Å². The summed E-state index contributed by atoms with van der Waals surface area (Å²) in [5, 5.41) is -0.454. The number of amides is 1. The van der Waals surface area contributed by atoms with Crippen LogP contribution >= 0.6 is 0 Å². The van der Waals surface area contributed by atoms with Crippen molar-refractivity contribution in [2.45, 2.75) is 44.0 Å². The molecule has 2 aromatic heterocycles. The molecule has 3 heterocycles. The van der Waals surface area contributed by atoms with E-state index in [0.717, 1.165) is 21.6 Å². The van der Waals surface area contributed by atoms with Gasteiger partial charge in [0.25, 0.3) is 5.56 Å². The van der Waals surface area contributed by atoms with E-state index in [0.29, 0.717) is 17.7 Å². The van der Waals surface area contributed by atoms with Crippen LogP contribution in [0.2, 0.25) is 0 Å². The number of hydrogen-bond donors (Lipinski definition) is 0. The topological polar surface area (TPSA) is 133 Å². The number of carbonyl (C=O) groups excluding carboxylic acids is 1. The number of benzene rings is 1. The van der Waals surface area contributed by atoms with Crippen LogP contribution in [-0.4, -0.2) is 52.0 Å². The minimum Gasteiger partial charge on any atom is -0.443 e. The Balaban J connectivity index is 1.88. The van der Waals surface area contributed by atoms with E-state index in [1.54, 1.807) is 45.0 Å². The summed E-state index contributed by atoms with van der Waals surface area (Å²) in [6.45, 7) is 5.56. The lowest BCUT2D eigenvalue weighted by molar-refractivity contribution is 0.0576. The molecule has 0 saturated carbocycles. The summed E-state index contributed by atoms with van der Waals surface area (Å²) in [5.74, 6) is 0. The summed E-state index contributed by atoms with van der Waals surface area (Å²) >= 11 is 0. The summed E-state index contributed by atoms with van der Waals surface area (Å²) in [7, 11) is -2.31. The lowest BCUT2D eigenvalue weighted by atomic mass is 9.96. The fourth-order valence-corrected chi connectivity index (χ4v) is 4.50. The number of fused-ring (bicyclic) bond motifs is 2. The van der Waals surface area contributed by atoms with E-state index in [2.05, 4.69) is 9.97 Å². The first kappa shape index (κ1) is 23.6. The van der Waals surface area contributed by atoms with Gasteiger partial charge in [0.05, 0.1) is 11.7 Å². The van der Waals surface area contributed by atoms with E-state index in [1.165, 1.54) is 11.9 Å². The molecule has 3 aromatic rings. The molecule has 12 heteroatoms. The van der Waals surface area contributed by atoms with Crippen molar-refractivity contribution in [3.63, 3.8) is 0 Å². The van der Waals surface area contributed by atoms with Crippen LogP contribution in [0.15, 0.2) is 45.2 Å². The Morgan fingerprint density at radius 3 is 2.50 bits per heavy atom. The molecule has 0 saturated heterocycles. The molecule has 1 unspecified atom stereocenters. The normalized spacial score (nSPS) is 16.4. The van der Waals surface area contributed by atoms with E-state index in [4.69, 9.17) is 4.74 Å². The Bertz CT molecular complexity index is 1530. The first-order chi connectivity index (χ1) is 15.8. The van der Waals surface area contributed by atoms with Crippen LogP contribution in [0.3, 0.4) is 0 Å². The molecule has 0 spiro atoms. The summed E-state index contributed by atoms with van der Waals surface area (Å²) in [6, 6.07) is 6.38. The molecule has 180 valence electrons. The predicted octanol–water partition coefficient (Wildman–Crippen LogP) is 1.63. The number of anilines is 1. The maximum absolute atomic E-state index is 13.4. The highest BCUT2D eigenvalue weighted by molar-refractivity contribution is 7.90. The fraction of sp³-hybridized carbons (Fsp3) is 0.409. The van der Waals surface area contributed by atoms with Gasteiger partial charge in [0.15, 0.2) is 5.65 Å². The number of aromatic nitrogens is 4. The van der Waals surface area contributed by atoms with Gasteiger partial charge in [0.1, 0.15) is 11.0 Å². The van der Waals surface area contributed by atoms with Crippen molar-refractivity contribution >= 4 is 32.7 Å². The number of hydrogen-bond acceptors (Lipinski definition) is 8.